The van der Waals surface area contributed by atoms with Crippen molar-refractivity contribution in [2.75, 3.05) is 13.6 Å². The lowest BCUT2D eigenvalue weighted by atomic mass is 10.1. The molecule has 0 aromatic carbocycles. The Labute approximate surface area is 118 Å². The van der Waals surface area contributed by atoms with Crippen LogP contribution in [-0.2, 0) is 21.4 Å². The first kappa shape index (κ1) is 16.2. The van der Waals surface area contributed by atoms with E-state index >= 15 is 0 Å². The van der Waals surface area contributed by atoms with Crippen LogP contribution in [-0.4, -0.2) is 41.4 Å². The lowest BCUT2D eigenvalue weighted by Crippen LogP contribution is -2.37. The van der Waals surface area contributed by atoms with Crippen molar-refractivity contribution in [3.05, 3.63) is 18.0 Å². The van der Waals surface area contributed by atoms with Gasteiger partial charge in [0.05, 0.1) is 18.7 Å². The topological polar surface area (TPSA) is 85.2 Å². The molecule has 0 fully saturated rings. The summed E-state index contributed by atoms with van der Waals surface area (Å²) >= 11 is 0. The number of likely N-dealkylation sites (N-methyl/N-ethyl adjacent to an activating group) is 1. The molecule has 112 valence electrons. The van der Waals surface area contributed by atoms with Crippen LogP contribution in [0.15, 0.2) is 12.4 Å². The zero-order chi connectivity index (χ0) is 15.1. The molecule has 1 rings (SSSR count). The van der Waals surface area contributed by atoms with Crippen LogP contribution in [0, 0.1) is 0 Å². The number of hydrogen-bond donors (Lipinski definition) is 2. The molecule has 1 aromatic heterocycles. The Hall–Kier alpha value is -1.89. The van der Waals surface area contributed by atoms with Crippen LogP contribution in [0.5, 0.6) is 0 Å². The van der Waals surface area contributed by atoms with E-state index in [1.165, 1.54) is 0 Å². The van der Waals surface area contributed by atoms with Crippen molar-refractivity contribution in [2.24, 2.45) is 7.05 Å². The zero-order valence-corrected chi connectivity index (χ0v) is 12.3. The molecule has 20 heavy (non-hydrogen) atoms. The normalized spacial score (nSPS) is 12.2. The lowest BCUT2D eigenvalue weighted by molar-refractivity contribution is -0.147. The van der Waals surface area contributed by atoms with Gasteiger partial charge in [0.2, 0.25) is 5.91 Å². The Bertz CT molecular complexity index is 456. The number of nitrogens with zero attached hydrogens (tertiary/aromatic N) is 2. The van der Waals surface area contributed by atoms with E-state index in [0.29, 0.717) is 0 Å². The van der Waals surface area contributed by atoms with Gasteiger partial charge in [-0.1, -0.05) is 0 Å². The summed E-state index contributed by atoms with van der Waals surface area (Å²) in [4.78, 5) is 23.4. The van der Waals surface area contributed by atoms with E-state index in [-0.39, 0.29) is 30.9 Å². The van der Waals surface area contributed by atoms with E-state index in [0.717, 1.165) is 5.56 Å². The summed E-state index contributed by atoms with van der Waals surface area (Å²) in [6.45, 7) is 3.83. The lowest BCUT2D eigenvalue weighted by Gasteiger charge is -2.14. The number of aromatic nitrogens is 2. The van der Waals surface area contributed by atoms with Crippen molar-refractivity contribution in [2.45, 2.75) is 32.4 Å². The number of aryl methyl sites for hydroxylation is 1. The minimum atomic E-state index is -0.482. The van der Waals surface area contributed by atoms with Crippen LogP contribution in [0.3, 0.4) is 0 Å². The van der Waals surface area contributed by atoms with Crippen LogP contribution >= 0.6 is 0 Å². The van der Waals surface area contributed by atoms with Gasteiger partial charge in [0, 0.05) is 25.4 Å². The average Bonchev–Trinajstić information content (AvgIpc) is 2.75. The summed E-state index contributed by atoms with van der Waals surface area (Å²) in [6.07, 6.45) is 3.42. The smallest absolute Gasteiger partial charge is 0.307 e. The van der Waals surface area contributed by atoms with Gasteiger partial charge in [0.25, 0.3) is 0 Å². The van der Waals surface area contributed by atoms with E-state index < -0.39 is 6.04 Å². The molecule has 0 aliphatic rings. The maximum Gasteiger partial charge on any atom is 0.307 e. The Morgan fingerprint density at radius 3 is 2.65 bits per heavy atom. The van der Waals surface area contributed by atoms with Gasteiger partial charge in [-0.15, -0.1) is 0 Å². The predicted octanol–water partition coefficient (Wildman–Crippen LogP) is 0.139. The van der Waals surface area contributed by atoms with Gasteiger partial charge in [-0.25, -0.2) is 0 Å². The number of amides is 1. The Morgan fingerprint density at radius 2 is 2.15 bits per heavy atom. The van der Waals surface area contributed by atoms with Crippen molar-refractivity contribution in [1.29, 1.82) is 0 Å². The second-order valence-electron chi connectivity index (χ2n) is 4.75. The van der Waals surface area contributed by atoms with Gasteiger partial charge >= 0.3 is 5.97 Å². The van der Waals surface area contributed by atoms with E-state index in [9.17, 15) is 9.59 Å². The Morgan fingerprint density at radius 1 is 1.45 bits per heavy atom. The van der Waals surface area contributed by atoms with Gasteiger partial charge in [0.15, 0.2) is 0 Å². The predicted molar refractivity (Wildman–Crippen MR) is 73.9 cm³/mol. The summed E-state index contributed by atoms with van der Waals surface area (Å²) in [5.74, 6) is -0.513. The van der Waals surface area contributed by atoms with Crippen LogP contribution in [0.2, 0.25) is 0 Å². The zero-order valence-electron chi connectivity index (χ0n) is 12.3. The largest absolute Gasteiger partial charge is 0.463 e. The Kier molecular flexibility index (Phi) is 6.17. The molecule has 1 atom stereocenters. The first-order valence-corrected chi connectivity index (χ1v) is 6.57. The number of carbonyl (C=O) groups excluding carboxylic acids is 2. The van der Waals surface area contributed by atoms with Crippen LogP contribution < -0.4 is 10.6 Å². The first-order valence-electron chi connectivity index (χ1n) is 6.57. The van der Waals surface area contributed by atoms with Crippen molar-refractivity contribution in [1.82, 2.24) is 20.4 Å². The molecule has 1 heterocycles. The fourth-order valence-electron chi connectivity index (χ4n) is 1.75. The monoisotopic (exact) mass is 282 g/mol. The quantitative estimate of drug-likeness (QED) is 0.695. The third-order valence-electron chi connectivity index (χ3n) is 2.60. The number of hydrogen-bond acceptors (Lipinski definition) is 5. The van der Waals surface area contributed by atoms with Gasteiger partial charge < -0.3 is 15.4 Å². The molecule has 0 bridgehead atoms. The number of nitrogens with one attached hydrogen (secondary N) is 2. The van der Waals surface area contributed by atoms with Gasteiger partial charge in [-0.05, 0) is 20.9 Å². The van der Waals surface area contributed by atoms with Gasteiger partial charge in [-0.2, -0.15) is 5.10 Å². The minimum absolute atomic E-state index is 0.140. The van der Waals surface area contributed by atoms with Crippen LogP contribution in [0.25, 0.3) is 0 Å². The van der Waals surface area contributed by atoms with Crippen LogP contribution in [0.4, 0.5) is 0 Å². The van der Waals surface area contributed by atoms with E-state index in [1.54, 1.807) is 45.0 Å². The fraction of sp³-hybridized carbons (Fsp3) is 0.615. The molecule has 1 unspecified atom stereocenters. The highest BCUT2D eigenvalue weighted by Crippen LogP contribution is 2.10. The average molecular weight is 282 g/mol. The molecule has 0 spiro atoms. The third kappa shape index (κ3) is 5.00. The maximum atomic E-state index is 12.0. The summed E-state index contributed by atoms with van der Waals surface area (Å²) in [5.41, 5.74) is 0.775. The summed E-state index contributed by atoms with van der Waals surface area (Å²) in [5, 5.41) is 9.66. The number of esters is 1. The highest BCUT2D eigenvalue weighted by Gasteiger charge is 2.19. The highest BCUT2D eigenvalue weighted by atomic mass is 16.5. The maximum absolute atomic E-state index is 12.0. The molecule has 1 amide bonds. The molecule has 7 nitrogen and oxygen atoms in total. The van der Waals surface area contributed by atoms with Crippen molar-refractivity contribution in [3.8, 4) is 0 Å². The Balaban J connectivity index is 2.43. The second-order valence-corrected chi connectivity index (χ2v) is 4.75. The third-order valence-corrected chi connectivity index (χ3v) is 2.60. The van der Waals surface area contributed by atoms with Crippen molar-refractivity contribution in [3.63, 3.8) is 0 Å². The summed E-state index contributed by atoms with van der Waals surface area (Å²) in [6, 6.07) is -0.482. The number of rotatable bonds is 7. The van der Waals surface area contributed by atoms with E-state index in [4.69, 9.17) is 4.74 Å². The summed E-state index contributed by atoms with van der Waals surface area (Å²) < 4.78 is 6.62. The molecule has 1 aromatic rings. The van der Waals surface area contributed by atoms with Gasteiger partial charge in [-0.3, -0.25) is 14.3 Å². The molecular weight excluding hydrogens is 260 g/mol. The highest BCUT2D eigenvalue weighted by molar-refractivity contribution is 5.83. The van der Waals surface area contributed by atoms with Crippen LogP contribution in [0.1, 0.15) is 31.9 Å². The molecular formula is C13H22N4O3. The molecule has 7 heteroatoms. The first-order chi connectivity index (χ1) is 9.43. The van der Waals surface area contributed by atoms with E-state index in [2.05, 4.69) is 15.7 Å². The molecule has 0 saturated heterocycles. The second kappa shape index (κ2) is 7.64. The van der Waals surface area contributed by atoms with Crippen molar-refractivity contribution >= 4 is 11.9 Å². The van der Waals surface area contributed by atoms with Crippen molar-refractivity contribution < 1.29 is 14.3 Å². The summed E-state index contributed by atoms with van der Waals surface area (Å²) in [7, 11) is 3.49. The molecule has 2 N–H and O–H groups in total. The molecule has 0 radical (unpaired) electrons. The number of ether oxygens (including phenoxy) is 1. The molecule has 0 saturated carbocycles. The van der Waals surface area contributed by atoms with E-state index in [1.807, 2.05) is 0 Å². The molecule has 0 aliphatic heterocycles. The minimum Gasteiger partial charge on any atom is -0.463 e. The van der Waals surface area contributed by atoms with Gasteiger partial charge in [0.1, 0.15) is 6.04 Å². The standard InChI is InChI=1S/C13H22N4O3/c1-9(2)20-11(18)5-6-15-13(19)12(14-3)10-7-16-17(4)8-10/h7-9,12,14H,5-6H2,1-4H3,(H,15,19). The fourth-order valence-corrected chi connectivity index (χ4v) is 1.75. The SMILES string of the molecule is CNC(C(=O)NCCC(=O)OC(C)C)c1cnn(C)c1. The number of carbonyl (C=O) groups is 2. The molecule has 0 aliphatic carbocycles.